The largest absolute Gasteiger partial charge is 0.480 e. The summed E-state index contributed by atoms with van der Waals surface area (Å²) in [5, 5.41) is 20.8. The summed E-state index contributed by atoms with van der Waals surface area (Å²) >= 11 is 0. The molecule has 2 atom stereocenters. The van der Waals surface area contributed by atoms with E-state index in [1.165, 1.54) is 17.4 Å². The fraction of sp³-hybridized carbons (Fsp3) is 0.583. The van der Waals surface area contributed by atoms with Crippen LogP contribution in [0.25, 0.3) is 0 Å². The highest BCUT2D eigenvalue weighted by molar-refractivity contribution is 5.83. The van der Waals surface area contributed by atoms with E-state index in [4.69, 9.17) is 5.11 Å². The molecule has 0 bridgehead atoms. The number of urea groups is 1. The molecule has 8 heteroatoms. The number of aromatic amines is 1. The summed E-state index contributed by atoms with van der Waals surface area (Å²) in [6.07, 6.45) is 4.67. The van der Waals surface area contributed by atoms with Crippen molar-refractivity contribution in [3.05, 3.63) is 18.2 Å². The second kappa shape index (κ2) is 6.38. The molecule has 1 aliphatic heterocycles. The van der Waals surface area contributed by atoms with Crippen LogP contribution < -0.4 is 5.32 Å². The molecule has 1 aromatic heterocycles. The first-order valence-electron chi connectivity index (χ1n) is 6.50. The molecule has 20 heavy (non-hydrogen) atoms. The number of carboxylic acid groups (broad SMARTS) is 1. The number of carbonyl (C=O) groups is 2. The Labute approximate surface area is 115 Å². The molecule has 2 rings (SSSR count). The van der Waals surface area contributed by atoms with Gasteiger partial charge in [-0.2, -0.15) is 0 Å². The third-order valence-corrected chi connectivity index (χ3v) is 3.42. The highest BCUT2D eigenvalue weighted by Gasteiger charge is 2.31. The number of aliphatic hydroxyl groups is 1. The van der Waals surface area contributed by atoms with Gasteiger partial charge in [0.1, 0.15) is 6.04 Å². The predicted octanol–water partition coefficient (Wildman–Crippen LogP) is -0.428. The number of rotatable bonds is 5. The van der Waals surface area contributed by atoms with Crippen molar-refractivity contribution in [2.45, 2.75) is 31.3 Å². The van der Waals surface area contributed by atoms with Gasteiger partial charge in [-0.3, -0.25) is 0 Å². The van der Waals surface area contributed by atoms with Crippen molar-refractivity contribution in [1.82, 2.24) is 20.2 Å². The van der Waals surface area contributed by atoms with Crippen LogP contribution in [0.5, 0.6) is 0 Å². The monoisotopic (exact) mass is 282 g/mol. The van der Waals surface area contributed by atoms with Gasteiger partial charge in [0.25, 0.3) is 0 Å². The number of likely N-dealkylation sites (tertiary alicyclic amines) is 1. The number of aromatic nitrogens is 2. The second-order valence-corrected chi connectivity index (χ2v) is 4.79. The van der Waals surface area contributed by atoms with E-state index in [0.29, 0.717) is 12.2 Å². The van der Waals surface area contributed by atoms with E-state index in [0.717, 1.165) is 12.8 Å². The van der Waals surface area contributed by atoms with Gasteiger partial charge in [0.05, 0.1) is 19.0 Å². The lowest BCUT2D eigenvalue weighted by Gasteiger charge is -2.25. The van der Waals surface area contributed by atoms with E-state index in [-0.39, 0.29) is 19.1 Å². The number of aliphatic hydroxyl groups excluding tert-OH is 1. The first kappa shape index (κ1) is 14.3. The average molecular weight is 282 g/mol. The molecular formula is C12H18N4O4. The number of H-pyrrole nitrogens is 1. The SMILES string of the molecule is O=C(O)[C@@H](Cc1cnc[nH]1)NC(=O)N1CCCC1CO. The van der Waals surface area contributed by atoms with Crippen LogP contribution in [-0.4, -0.2) is 62.3 Å². The zero-order valence-electron chi connectivity index (χ0n) is 11.0. The molecule has 0 aromatic carbocycles. The van der Waals surface area contributed by atoms with E-state index < -0.39 is 18.0 Å². The smallest absolute Gasteiger partial charge is 0.326 e. The van der Waals surface area contributed by atoms with Crippen molar-refractivity contribution in [2.75, 3.05) is 13.2 Å². The molecule has 0 saturated carbocycles. The first-order valence-corrected chi connectivity index (χ1v) is 6.50. The summed E-state index contributed by atoms with van der Waals surface area (Å²) in [5.41, 5.74) is 0.637. The number of carbonyl (C=O) groups excluding carboxylic acids is 1. The minimum atomic E-state index is -1.10. The molecule has 2 heterocycles. The molecule has 4 N–H and O–H groups in total. The van der Waals surface area contributed by atoms with Crippen molar-refractivity contribution in [2.24, 2.45) is 0 Å². The zero-order valence-corrected chi connectivity index (χ0v) is 11.0. The number of aliphatic carboxylic acids is 1. The molecule has 8 nitrogen and oxygen atoms in total. The maximum Gasteiger partial charge on any atom is 0.326 e. The average Bonchev–Trinajstić information content (AvgIpc) is 3.08. The number of imidazole rings is 1. The lowest BCUT2D eigenvalue weighted by Crippen LogP contribution is -2.51. The Hall–Kier alpha value is -2.09. The molecule has 1 aliphatic rings. The Morgan fingerprint density at radius 1 is 1.60 bits per heavy atom. The molecule has 1 unspecified atom stereocenters. The quantitative estimate of drug-likeness (QED) is 0.584. The number of hydrogen-bond acceptors (Lipinski definition) is 4. The number of carboxylic acids is 1. The fourth-order valence-electron chi connectivity index (χ4n) is 2.34. The van der Waals surface area contributed by atoms with Gasteiger partial charge in [-0.25, -0.2) is 14.6 Å². The summed E-state index contributed by atoms with van der Waals surface area (Å²) in [7, 11) is 0. The van der Waals surface area contributed by atoms with E-state index in [1.807, 2.05) is 0 Å². The van der Waals surface area contributed by atoms with Crippen molar-refractivity contribution < 1.29 is 19.8 Å². The Morgan fingerprint density at radius 3 is 3.00 bits per heavy atom. The maximum absolute atomic E-state index is 12.1. The van der Waals surface area contributed by atoms with E-state index in [1.54, 1.807) is 0 Å². The van der Waals surface area contributed by atoms with Gasteiger partial charge in [0, 0.05) is 24.9 Å². The molecule has 110 valence electrons. The number of amides is 2. The topological polar surface area (TPSA) is 119 Å². The molecule has 0 aliphatic carbocycles. The first-order chi connectivity index (χ1) is 9.61. The van der Waals surface area contributed by atoms with Gasteiger partial charge in [0.15, 0.2) is 0 Å². The van der Waals surface area contributed by atoms with Crippen LogP contribution in [-0.2, 0) is 11.2 Å². The lowest BCUT2D eigenvalue weighted by molar-refractivity contribution is -0.139. The number of nitrogens with one attached hydrogen (secondary N) is 2. The maximum atomic E-state index is 12.1. The van der Waals surface area contributed by atoms with E-state index in [2.05, 4.69) is 15.3 Å². The van der Waals surface area contributed by atoms with Gasteiger partial charge >= 0.3 is 12.0 Å². The summed E-state index contributed by atoms with van der Waals surface area (Å²) < 4.78 is 0. The molecular weight excluding hydrogens is 264 g/mol. The minimum Gasteiger partial charge on any atom is -0.480 e. The Kier molecular flexibility index (Phi) is 4.57. The predicted molar refractivity (Wildman–Crippen MR) is 69.1 cm³/mol. The third kappa shape index (κ3) is 3.27. The third-order valence-electron chi connectivity index (χ3n) is 3.42. The number of nitrogens with zero attached hydrogens (tertiary/aromatic N) is 2. The van der Waals surface area contributed by atoms with Gasteiger partial charge < -0.3 is 25.4 Å². The number of hydrogen-bond donors (Lipinski definition) is 4. The Morgan fingerprint density at radius 2 is 2.40 bits per heavy atom. The van der Waals surface area contributed by atoms with Crippen molar-refractivity contribution >= 4 is 12.0 Å². The lowest BCUT2D eigenvalue weighted by atomic mass is 10.1. The highest BCUT2D eigenvalue weighted by atomic mass is 16.4. The van der Waals surface area contributed by atoms with Crippen molar-refractivity contribution in [3.8, 4) is 0 Å². The summed E-state index contributed by atoms with van der Waals surface area (Å²) in [4.78, 5) is 31.4. The Bertz CT molecular complexity index is 462. The molecule has 0 spiro atoms. The van der Waals surface area contributed by atoms with Crippen molar-refractivity contribution in [1.29, 1.82) is 0 Å². The van der Waals surface area contributed by atoms with Crippen LogP contribution in [0, 0.1) is 0 Å². The molecule has 0 radical (unpaired) electrons. The van der Waals surface area contributed by atoms with Crippen LogP contribution in [0.4, 0.5) is 4.79 Å². The van der Waals surface area contributed by atoms with Crippen LogP contribution in [0.3, 0.4) is 0 Å². The van der Waals surface area contributed by atoms with E-state index in [9.17, 15) is 14.7 Å². The van der Waals surface area contributed by atoms with Crippen LogP contribution >= 0.6 is 0 Å². The summed E-state index contributed by atoms with van der Waals surface area (Å²) in [6.45, 7) is 0.430. The van der Waals surface area contributed by atoms with Gasteiger partial charge in [0.2, 0.25) is 0 Å². The van der Waals surface area contributed by atoms with Crippen LogP contribution in [0.1, 0.15) is 18.5 Å². The van der Waals surface area contributed by atoms with Gasteiger partial charge in [-0.15, -0.1) is 0 Å². The zero-order chi connectivity index (χ0) is 14.5. The van der Waals surface area contributed by atoms with Gasteiger partial charge in [-0.1, -0.05) is 0 Å². The van der Waals surface area contributed by atoms with Crippen LogP contribution in [0.2, 0.25) is 0 Å². The molecule has 2 amide bonds. The summed E-state index contributed by atoms with van der Waals surface area (Å²) in [5.74, 6) is -1.10. The normalized spacial score (nSPS) is 19.9. The molecule has 1 fully saturated rings. The molecule has 1 aromatic rings. The summed E-state index contributed by atoms with van der Waals surface area (Å²) in [6, 6.07) is -1.70. The van der Waals surface area contributed by atoms with E-state index >= 15 is 0 Å². The Balaban J connectivity index is 1.97. The standard InChI is InChI=1S/C12H18N4O4/c17-6-9-2-1-3-16(9)12(20)15-10(11(18)19)4-8-5-13-7-14-8/h5,7,9-10,17H,1-4,6H2,(H,13,14)(H,15,20)(H,18,19)/t9?,10-/m1/s1. The van der Waals surface area contributed by atoms with Crippen LogP contribution in [0.15, 0.2) is 12.5 Å². The highest BCUT2D eigenvalue weighted by Crippen LogP contribution is 2.16. The second-order valence-electron chi connectivity index (χ2n) is 4.79. The molecule has 1 saturated heterocycles. The fourth-order valence-corrected chi connectivity index (χ4v) is 2.34. The van der Waals surface area contributed by atoms with Gasteiger partial charge in [-0.05, 0) is 12.8 Å². The minimum absolute atomic E-state index is 0.105. The van der Waals surface area contributed by atoms with Crippen molar-refractivity contribution in [3.63, 3.8) is 0 Å².